The van der Waals surface area contributed by atoms with Crippen molar-refractivity contribution in [1.82, 2.24) is 14.9 Å². The van der Waals surface area contributed by atoms with Crippen LogP contribution < -0.4 is 5.32 Å². The molecule has 1 aliphatic heterocycles. The molecule has 0 atom stereocenters. The van der Waals surface area contributed by atoms with Crippen LogP contribution in [0.5, 0.6) is 0 Å². The Morgan fingerprint density at radius 1 is 1.08 bits per heavy atom. The summed E-state index contributed by atoms with van der Waals surface area (Å²) < 4.78 is 1.05. The fraction of sp³-hybridized carbons (Fsp3) is 0.300. The molecule has 3 aromatic rings. The van der Waals surface area contributed by atoms with Crippen molar-refractivity contribution in [2.24, 2.45) is 0 Å². The van der Waals surface area contributed by atoms with Crippen LogP contribution in [0.1, 0.15) is 18.4 Å². The third-order valence-electron chi connectivity index (χ3n) is 4.69. The molecule has 4 nitrogen and oxygen atoms in total. The van der Waals surface area contributed by atoms with E-state index in [2.05, 4.69) is 48.2 Å². The molecule has 5 heteroatoms. The van der Waals surface area contributed by atoms with E-state index in [1.165, 1.54) is 31.5 Å². The summed E-state index contributed by atoms with van der Waals surface area (Å²) in [7, 11) is 0. The molecule has 1 N–H and O–H groups in total. The number of rotatable bonds is 5. The Morgan fingerprint density at radius 3 is 2.84 bits per heavy atom. The lowest BCUT2D eigenvalue weighted by Gasteiger charge is -2.15. The highest BCUT2D eigenvalue weighted by molar-refractivity contribution is 9.10. The van der Waals surface area contributed by atoms with Crippen molar-refractivity contribution in [2.75, 3.05) is 25.0 Å². The number of likely N-dealkylation sites (tertiary alicyclic amines) is 1. The van der Waals surface area contributed by atoms with E-state index in [0.717, 1.165) is 39.7 Å². The Bertz CT molecular complexity index is 874. The van der Waals surface area contributed by atoms with Gasteiger partial charge in [0.25, 0.3) is 0 Å². The van der Waals surface area contributed by atoms with Crippen LogP contribution in [0, 0.1) is 0 Å². The number of nitrogens with one attached hydrogen (secondary N) is 1. The second kappa shape index (κ2) is 7.50. The Kier molecular flexibility index (Phi) is 4.95. The lowest BCUT2D eigenvalue weighted by Crippen LogP contribution is -2.21. The summed E-state index contributed by atoms with van der Waals surface area (Å²) in [6.07, 6.45) is 9.41. The van der Waals surface area contributed by atoms with Gasteiger partial charge < -0.3 is 10.2 Å². The third kappa shape index (κ3) is 3.99. The molecule has 25 heavy (non-hydrogen) atoms. The molecule has 0 saturated carbocycles. The Labute approximate surface area is 156 Å². The predicted octanol–water partition coefficient (Wildman–Crippen LogP) is 4.77. The molecule has 1 fully saturated rings. The van der Waals surface area contributed by atoms with Gasteiger partial charge in [0.1, 0.15) is 0 Å². The molecule has 0 aliphatic carbocycles. The van der Waals surface area contributed by atoms with Crippen molar-refractivity contribution >= 4 is 38.2 Å². The normalized spacial score (nSPS) is 14.9. The van der Waals surface area contributed by atoms with Gasteiger partial charge in [-0.2, -0.15) is 0 Å². The minimum atomic E-state index is 0.978. The highest BCUT2D eigenvalue weighted by Crippen LogP contribution is 2.27. The molecule has 4 rings (SSSR count). The van der Waals surface area contributed by atoms with Gasteiger partial charge in [-0.15, -0.1) is 0 Å². The summed E-state index contributed by atoms with van der Waals surface area (Å²) >= 11 is 3.54. The summed E-state index contributed by atoms with van der Waals surface area (Å²) in [5.41, 5.74) is 4.32. The number of hydrogen-bond donors (Lipinski definition) is 1. The first-order valence-corrected chi connectivity index (χ1v) is 9.55. The molecule has 2 aromatic heterocycles. The van der Waals surface area contributed by atoms with Gasteiger partial charge in [0.05, 0.1) is 17.4 Å². The molecule has 0 bridgehead atoms. The number of halogens is 1. The standard InChI is InChI=1S/C20H21BrN4/c21-16-3-4-19-18(12-16)20(5-7-23-19)24-17-11-15(13-22-14-17)6-10-25-8-1-2-9-25/h3-5,7,11-14H,1-2,6,8-10H2,(H,23,24). The zero-order valence-corrected chi connectivity index (χ0v) is 15.7. The fourth-order valence-electron chi connectivity index (χ4n) is 3.37. The second-order valence-electron chi connectivity index (χ2n) is 6.53. The van der Waals surface area contributed by atoms with E-state index >= 15 is 0 Å². The predicted molar refractivity (Wildman–Crippen MR) is 106 cm³/mol. The molecule has 0 unspecified atom stereocenters. The van der Waals surface area contributed by atoms with Gasteiger partial charge in [-0.25, -0.2) is 0 Å². The highest BCUT2D eigenvalue weighted by atomic mass is 79.9. The summed E-state index contributed by atoms with van der Waals surface area (Å²) in [5.74, 6) is 0. The van der Waals surface area contributed by atoms with Crippen molar-refractivity contribution in [3.8, 4) is 0 Å². The molecule has 3 heterocycles. The van der Waals surface area contributed by atoms with Gasteiger partial charge in [-0.1, -0.05) is 15.9 Å². The first-order chi connectivity index (χ1) is 12.3. The number of hydrogen-bond acceptors (Lipinski definition) is 4. The molecule has 1 aliphatic rings. The molecule has 0 radical (unpaired) electrons. The monoisotopic (exact) mass is 396 g/mol. The van der Waals surface area contributed by atoms with Crippen molar-refractivity contribution < 1.29 is 0 Å². The van der Waals surface area contributed by atoms with Crippen LogP contribution in [0.25, 0.3) is 10.9 Å². The van der Waals surface area contributed by atoms with Crippen LogP contribution in [-0.2, 0) is 6.42 Å². The van der Waals surface area contributed by atoms with Gasteiger partial charge in [-0.05, 0) is 68.2 Å². The number of nitrogens with zero attached hydrogens (tertiary/aromatic N) is 3. The van der Waals surface area contributed by atoms with Crippen LogP contribution in [0.4, 0.5) is 11.4 Å². The van der Waals surface area contributed by atoms with Crippen LogP contribution in [-0.4, -0.2) is 34.5 Å². The number of aromatic nitrogens is 2. The van der Waals surface area contributed by atoms with Gasteiger partial charge in [-0.3, -0.25) is 9.97 Å². The SMILES string of the molecule is Brc1ccc2nccc(Nc3cncc(CCN4CCCC4)c3)c2c1. The first-order valence-electron chi connectivity index (χ1n) is 8.75. The third-order valence-corrected chi connectivity index (χ3v) is 5.19. The lowest BCUT2D eigenvalue weighted by atomic mass is 10.1. The molecule has 128 valence electrons. The quantitative estimate of drug-likeness (QED) is 0.673. The van der Waals surface area contributed by atoms with Crippen LogP contribution in [0.15, 0.2) is 53.4 Å². The zero-order valence-electron chi connectivity index (χ0n) is 14.1. The summed E-state index contributed by atoms with van der Waals surface area (Å²) in [4.78, 5) is 11.4. The van der Waals surface area contributed by atoms with Crippen LogP contribution in [0.3, 0.4) is 0 Å². The van der Waals surface area contributed by atoms with E-state index in [9.17, 15) is 0 Å². The average Bonchev–Trinajstić information content (AvgIpc) is 3.14. The molecule has 0 spiro atoms. The maximum Gasteiger partial charge on any atom is 0.0723 e. The number of pyridine rings is 2. The van der Waals surface area contributed by atoms with Crippen LogP contribution >= 0.6 is 15.9 Å². The van der Waals surface area contributed by atoms with E-state index in [1.54, 1.807) is 0 Å². The minimum absolute atomic E-state index is 0.978. The van der Waals surface area contributed by atoms with E-state index in [0.29, 0.717) is 0 Å². The summed E-state index contributed by atoms with van der Waals surface area (Å²) in [5, 5.41) is 4.60. The van der Waals surface area contributed by atoms with Gasteiger partial charge in [0, 0.05) is 34.5 Å². The largest absolute Gasteiger partial charge is 0.354 e. The van der Waals surface area contributed by atoms with E-state index < -0.39 is 0 Å². The lowest BCUT2D eigenvalue weighted by molar-refractivity contribution is 0.343. The van der Waals surface area contributed by atoms with E-state index in [-0.39, 0.29) is 0 Å². The smallest absolute Gasteiger partial charge is 0.0723 e. The Morgan fingerprint density at radius 2 is 1.96 bits per heavy atom. The molecular formula is C20H21BrN4. The maximum absolute atomic E-state index is 4.43. The Balaban J connectivity index is 1.52. The van der Waals surface area contributed by atoms with Crippen molar-refractivity contribution in [3.63, 3.8) is 0 Å². The average molecular weight is 397 g/mol. The topological polar surface area (TPSA) is 41.1 Å². The van der Waals surface area contributed by atoms with E-state index in [4.69, 9.17) is 0 Å². The van der Waals surface area contributed by atoms with Crippen molar-refractivity contribution in [2.45, 2.75) is 19.3 Å². The number of anilines is 2. The zero-order chi connectivity index (χ0) is 17.1. The van der Waals surface area contributed by atoms with Crippen molar-refractivity contribution in [3.05, 3.63) is 59.0 Å². The highest BCUT2D eigenvalue weighted by Gasteiger charge is 2.11. The number of fused-ring (bicyclic) bond motifs is 1. The molecule has 0 amide bonds. The summed E-state index contributed by atoms with van der Waals surface area (Å²) in [6.45, 7) is 3.60. The van der Waals surface area contributed by atoms with E-state index in [1.807, 2.05) is 36.8 Å². The molecular weight excluding hydrogens is 376 g/mol. The molecule has 1 aromatic carbocycles. The second-order valence-corrected chi connectivity index (χ2v) is 7.44. The van der Waals surface area contributed by atoms with Gasteiger partial charge in [0.2, 0.25) is 0 Å². The van der Waals surface area contributed by atoms with Gasteiger partial charge >= 0.3 is 0 Å². The first kappa shape index (κ1) is 16.5. The van der Waals surface area contributed by atoms with Crippen molar-refractivity contribution in [1.29, 1.82) is 0 Å². The van der Waals surface area contributed by atoms with Crippen LogP contribution in [0.2, 0.25) is 0 Å². The number of benzene rings is 1. The minimum Gasteiger partial charge on any atom is -0.354 e. The van der Waals surface area contributed by atoms with Gasteiger partial charge in [0.15, 0.2) is 0 Å². The Hall–Kier alpha value is -1.98. The summed E-state index contributed by atoms with van der Waals surface area (Å²) in [6, 6.07) is 10.3. The fourth-order valence-corrected chi connectivity index (χ4v) is 3.73. The maximum atomic E-state index is 4.43. The molecule has 1 saturated heterocycles.